The van der Waals surface area contributed by atoms with Crippen LogP contribution in [0.1, 0.15) is 88.0 Å². The van der Waals surface area contributed by atoms with Crippen molar-refractivity contribution in [2.45, 2.75) is 90.1 Å². The number of likely N-dealkylation sites (tertiary alicyclic amines) is 1. The molecule has 9 nitrogen and oxygen atoms in total. The van der Waals surface area contributed by atoms with Crippen LogP contribution in [0, 0.1) is 0 Å². The van der Waals surface area contributed by atoms with E-state index in [0.29, 0.717) is 18.8 Å². The summed E-state index contributed by atoms with van der Waals surface area (Å²) in [6, 6.07) is 13.8. The van der Waals surface area contributed by atoms with Gasteiger partial charge in [-0.25, -0.2) is 4.79 Å². The summed E-state index contributed by atoms with van der Waals surface area (Å²) in [5, 5.41) is 7.84. The van der Waals surface area contributed by atoms with Gasteiger partial charge in [0.1, 0.15) is 11.9 Å². The molecule has 0 bridgehead atoms. The van der Waals surface area contributed by atoms with Crippen molar-refractivity contribution in [1.29, 1.82) is 0 Å². The first-order valence-electron chi connectivity index (χ1n) is 16.2. The highest BCUT2D eigenvalue weighted by Crippen LogP contribution is 2.48. The lowest BCUT2D eigenvalue weighted by Gasteiger charge is -2.31. The summed E-state index contributed by atoms with van der Waals surface area (Å²) < 4.78 is 5.58. The monoisotopic (exact) mass is 597 g/mol. The van der Waals surface area contributed by atoms with Crippen molar-refractivity contribution in [2.75, 3.05) is 29.9 Å². The molecule has 2 aliphatic heterocycles. The van der Waals surface area contributed by atoms with E-state index in [0.717, 1.165) is 74.7 Å². The second kappa shape index (κ2) is 13.2. The number of hydrogen-bond acceptors (Lipinski definition) is 6. The average molecular weight is 598 g/mol. The Labute approximate surface area is 259 Å². The van der Waals surface area contributed by atoms with Crippen LogP contribution in [0.2, 0.25) is 0 Å². The van der Waals surface area contributed by atoms with Crippen molar-refractivity contribution in [1.82, 2.24) is 15.2 Å². The lowest BCUT2D eigenvalue weighted by molar-refractivity contribution is -0.130. The van der Waals surface area contributed by atoms with Gasteiger partial charge in [0.25, 0.3) is 0 Å². The number of fused-ring (bicyclic) bond motifs is 5. The molecule has 1 saturated heterocycles. The van der Waals surface area contributed by atoms with Gasteiger partial charge in [-0.1, -0.05) is 37.5 Å². The van der Waals surface area contributed by atoms with Crippen LogP contribution in [0.5, 0.6) is 5.75 Å². The number of carbonyl (C=O) groups excluding carboxylic acids is 3. The lowest BCUT2D eigenvalue weighted by atomic mass is 9.92. The number of nitrogens with one attached hydrogen (secondary N) is 2. The van der Waals surface area contributed by atoms with Gasteiger partial charge in [0.15, 0.2) is 0 Å². The van der Waals surface area contributed by atoms with Crippen LogP contribution in [0.15, 0.2) is 42.5 Å². The fourth-order valence-corrected chi connectivity index (χ4v) is 7.27. The Bertz CT molecular complexity index is 1560. The zero-order chi connectivity index (χ0) is 30.6. The van der Waals surface area contributed by atoms with E-state index >= 15 is 0 Å². The standard InChI is InChI=1S/C35H43N5O4/c1-23(41)39-21-18-26-29-22-25(16-17-32(29)40(24(2)42)34(26)39)44-35(43)37-20-11-5-3-4-10-19-36-33-27-12-6-8-14-30(27)38-31-15-9-7-13-28(31)33/h6,8,12,14,16-17,22,26,34H,3-5,7,9-11,13,15,18-21H2,1-2H3,(H,36,38)(H,37,43). The van der Waals surface area contributed by atoms with Gasteiger partial charge in [0.2, 0.25) is 11.8 Å². The molecule has 2 atom stereocenters. The van der Waals surface area contributed by atoms with E-state index in [9.17, 15) is 14.4 Å². The Morgan fingerprint density at radius 1 is 0.932 bits per heavy atom. The quantitative estimate of drug-likeness (QED) is 0.266. The minimum absolute atomic E-state index is 0.0222. The first-order chi connectivity index (χ1) is 21.4. The Morgan fingerprint density at radius 3 is 2.52 bits per heavy atom. The Morgan fingerprint density at radius 2 is 1.70 bits per heavy atom. The molecule has 1 aliphatic carbocycles. The lowest BCUT2D eigenvalue weighted by Crippen LogP contribution is -2.48. The zero-order valence-electron chi connectivity index (χ0n) is 25.9. The summed E-state index contributed by atoms with van der Waals surface area (Å²) in [5.41, 5.74) is 6.78. The van der Waals surface area contributed by atoms with Crippen molar-refractivity contribution in [3.8, 4) is 5.75 Å². The number of anilines is 2. The minimum atomic E-state index is -0.475. The van der Waals surface area contributed by atoms with Gasteiger partial charge >= 0.3 is 6.09 Å². The van der Waals surface area contributed by atoms with Gasteiger partial charge in [0, 0.05) is 61.9 Å². The minimum Gasteiger partial charge on any atom is -0.410 e. The van der Waals surface area contributed by atoms with E-state index in [2.05, 4.69) is 34.9 Å². The molecule has 1 fully saturated rings. The molecule has 3 aliphatic rings. The molecule has 232 valence electrons. The third-order valence-corrected chi connectivity index (χ3v) is 9.33. The average Bonchev–Trinajstić information content (AvgIpc) is 3.58. The molecule has 6 rings (SSSR count). The number of unbranched alkanes of at least 4 members (excludes halogenated alkanes) is 4. The maximum absolute atomic E-state index is 12.5. The summed E-state index contributed by atoms with van der Waals surface area (Å²) in [6.07, 6.45) is 9.93. The molecule has 0 spiro atoms. The second-order valence-corrected chi connectivity index (χ2v) is 12.3. The number of aromatic nitrogens is 1. The van der Waals surface area contributed by atoms with Crippen LogP contribution in [0.4, 0.5) is 16.2 Å². The molecule has 9 heteroatoms. The molecule has 2 aromatic carbocycles. The zero-order valence-corrected chi connectivity index (χ0v) is 25.9. The molecule has 3 amide bonds. The van der Waals surface area contributed by atoms with Crippen LogP contribution in [0.25, 0.3) is 10.9 Å². The molecule has 1 aromatic heterocycles. The number of carbonyl (C=O) groups is 3. The summed E-state index contributed by atoms with van der Waals surface area (Å²) in [5.74, 6) is 0.327. The molecule has 44 heavy (non-hydrogen) atoms. The van der Waals surface area contributed by atoms with Crippen molar-refractivity contribution < 1.29 is 19.1 Å². The molecule has 3 heterocycles. The number of hydrogen-bond donors (Lipinski definition) is 2. The molecule has 0 saturated carbocycles. The molecular weight excluding hydrogens is 554 g/mol. The highest BCUT2D eigenvalue weighted by atomic mass is 16.6. The summed E-state index contributed by atoms with van der Waals surface area (Å²) >= 11 is 0. The number of ether oxygens (including phenoxy) is 1. The van der Waals surface area contributed by atoms with Crippen LogP contribution < -0.4 is 20.3 Å². The molecular formula is C35H43N5O4. The van der Waals surface area contributed by atoms with E-state index in [1.54, 1.807) is 15.9 Å². The number of pyridine rings is 1. The first kappa shape index (κ1) is 29.9. The SMILES string of the molecule is CC(=O)N1CCC2c3cc(OC(=O)NCCCCCCCNc4c5c(nc6ccccc46)CCCC5)ccc3N(C(C)=O)C21. The highest BCUT2D eigenvalue weighted by Gasteiger charge is 2.48. The number of para-hydroxylation sites is 1. The van der Waals surface area contributed by atoms with Crippen molar-refractivity contribution >= 4 is 40.2 Å². The number of benzene rings is 2. The van der Waals surface area contributed by atoms with Crippen LogP contribution in [-0.4, -0.2) is 53.6 Å². The fraction of sp³-hybridized carbons (Fsp3) is 0.486. The molecule has 3 aromatic rings. The summed E-state index contributed by atoms with van der Waals surface area (Å²) in [7, 11) is 0. The third kappa shape index (κ3) is 6.10. The van der Waals surface area contributed by atoms with Crippen LogP contribution in [0.3, 0.4) is 0 Å². The van der Waals surface area contributed by atoms with E-state index in [1.807, 2.05) is 12.1 Å². The van der Waals surface area contributed by atoms with E-state index in [-0.39, 0.29) is 23.9 Å². The van der Waals surface area contributed by atoms with Crippen LogP contribution >= 0.6 is 0 Å². The number of nitrogens with zero attached hydrogens (tertiary/aromatic N) is 3. The second-order valence-electron chi connectivity index (χ2n) is 12.3. The predicted octanol–water partition coefficient (Wildman–Crippen LogP) is 6.29. The van der Waals surface area contributed by atoms with Crippen molar-refractivity contribution in [3.63, 3.8) is 0 Å². The molecule has 2 N–H and O–H groups in total. The highest BCUT2D eigenvalue weighted by molar-refractivity contribution is 5.96. The van der Waals surface area contributed by atoms with Gasteiger partial charge in [-0.15, -0.1) is 0 Å². The summed E-state index contributed by atoms with van der Waals surface area (Å²) in [4.78, 5) is 45.5. The van der Waals surface area contributed by atoms with Gasteiger partial charge < -0.3 is 20.3 Å². The maximum atomic E-state index is 12.5. The Kier molecular flexibility index (Phi) is 9.00. The summed E-state index contributed by atoms with van der Waals surface area (Å²) in [6.45, 7) is 5.18. The van der Waals surface area contributed by atoms with Gasteiger partial charge in [-0.2, -0.15) is 0 Å². The molecule has 2 unspecified atom stereocenters. The first-order valence-corrected chi connectivity index (χ1v) is 16.2. The van der Waals surface area contributed by atoms with E-state index in [4.69, 9.17) is 9.72 Å². The smallest absolute Gasteiger partial charge is 0.410 e. The molecule has 0 radical (unpaired) electrons. The largest absolute Gasteiger partial charge is 0.412 e. The topological polar surface area (TPSA) is 104 Å². The Balaban J connectivity index is 0.915. The Hall–Kier alpha value is -4.14. The van der Waals surface area contributed by atoms with Gasteiger partial charge in [0.05, 0.1) is 5.52 Å². The van der Waals surface area contributed by atoms with E-state index < -0.39 is 6.09 Å². The number of aryl methyl sites for hydroxylation is 1. The fourth-order valence-electron chi connectivity index (χ4n) is 7.27. The van der Waals surface area contributed by atoms with Crippen molar-refractivity contribution in [2.24, 2.45) is 0 Å². The number of rotatable bonds is 10. The third-order valence-electron chi connectivity index (χ3n) is 9.33. The van der Waals surface area contributed by atoms with E-state index in [1.165, 1.54) is 49.0 Å². The predicted molar refractivity (Wildman–Crippen MR) is 172 cm³/mol. The van der Waals surface area contributed by atoms with Crippen molar-refractivity contribution in [3.05, 3.63) is 59.3 Å². The van der Waals surface area contributed by atoms with Gasteiger partial charge in [-0.05, 0) is 80.3 Å². The van der Waals surface area contributed by atoms with Gasteiger partial charge in [-0.3, -0.25) is 19.5 Å². The normalized spacial score (nSPS) is 18.5. The van der Waals surface area contributed by atoms with Crippen LogP contribution in [-0.2, 0) is 22.4 Å². The maximum Gasteiger partial charge on any atom is 0.412 e. The number of amides is 3.